The van der Waals surface area contributed by atoms with Crippen molar-refractivity contribution in [3.8, 4) is 23.0 Å². The first-order valence-electron chi connectivity index (χ1n) is 5.62. The molecule has 1 aliphatic carbocycles. The van der Waals surface area contributed by atoms with Gasteiger partial charge in [-0.05, 0) is 24.3 Å². The van der Waals surface area contributed by atoms with Crippen molar-refractivity contribution >= 4 is 30.4 Å². The Labute approximate surface area is 130 Å². The van der Waals surface area contributed by atoms with Crippen molar-refractivity contribution in [2.24, 2.45) is 0 Å². The van der Waals surface area contributed by atoms with Gasteiger partial charge in [-0.1, -0.05) is 0 Å². The van der Waals surface area contributed by atoms with Crippen LogP contribution in [0.15, 0.2) is 24.3 Å². The number of ketones is 2. The summed E-state index contributed by atoms with van der Waals surface area (Å²) in [5, 5.41) is 38.9. The van der Waals surface area contributed by atoms with Crippen LogP contribution in [0.1, 0.15) is 31.8 Å². The average molecular weight is 279 g/mol. The minimum absolute atomic E-state index is 0. The number of aromatic hydroxyl groups is 4. The quantitative estimate of drug-likeness (QED) is 0.359. The molecule has 2 aromatic rings. The van der Waals surface area contributed by atoms with Gasteiger partial charge in [-0.15, -0.1) is 0 Å². The maximum Gasteiger partial charge on any atom is 0.202 e. The van der Waals surface area contributed by atoms with Crippen LogP contribution >= 0.6 is 0 Å². The molecule has 0 spiro atoms. The minimum Gasteiger partial charge on any atom is -0.507 e. The number of hydrogen-bond donors (Lipinski definition) is 4. The van der Waals surface area contributed by atoms with Crippen LogP contribution in [-0.2, 0) is 0 Å². The maximum atomic E-state index is 12.3. The van der Waals surface area contributed by atoms with E-state index in [2.05, 4.69) is 0 Å². The van der Waals surface area contributed by atoms with Crippen LogP contribution in [0.2, 0.25) is 0 Å². The molecule has 0 unspecified atom stereocenters. The summed E-state index contributed by atoms with van der Waals surface area (Å²) in [5.74, 6) is -3.60. The van der Waals surface area contributed by atoms with E-state index in [1.807, 2.05) is 0 Å². The Bertz CT molecular complexity index is 667. The van der Waals surface area contributed by atoms with E-state index in [1.54, 1.807) is 0 Å². The maximum absolute atomic E-state index is 12.3. The summed E-state index contributed by atoms with van der Waals surface area (Å²) in [7, 11) is 0. The van der Waals surface area contributed by atoms with Gasteiger partial charge in [0, 0.05) is 18.9 Å². The topological polar surface area (TPSA) is 115 Å². The Morgan fingerprint density at radius 1 is 0.524 bits per heavy atom. The van der Waals surface area contributed by atoms with Crippen molar-refractivity contribution in [2.75, 3.05) is 0 Å². The third-order valence-electron chi connectivity index (χ3n) is 3.23. The zero-order chi connectivity index (χ0) is 14.6. The molecule has 0 aliphatic heterocycles. The van der Waals surface area contributed by atoms with Crippen molar-refractivity contribution in [1.82, 2.24) is 0 Å². The molecule has 1 radical (unpaired) electrons. The Balaban J connectivity index is 0.00000161. The van der Waals surface area contributed by atoms with Crippen molar-refractivity contribution < 1.29 is 30.0 Å². The Hall–Kier alpha value is -2.42. The third kappa shape index (κ3) is 1.88. The van der Waals surface area contributed by atoms with Gasteiger partial charge in [0.05, 0.1) is 22.3 Å². The molecule has 0 bridgehead atoms. The molecule has 4 N–H and O–H groups in total. The Kier molecular flexibility index (Phi) is 3.45. The van der Waals surface area contributed by atoms with E-state index in [1.165, 1.54) is 0 Å². The summed E-state index contributed by atoms with van der Waals surface area (Å²) in [6.07, 6.45) is 0. The van der Waals surface area contributed by atoms with E-state index in [4.69, 9.17) is 0 Å². The number of benzene rings is 2. The average Bonchev–Trinajstić information content (AvgIpc) is 2.41. The van der Waals surface area contributed by atoms with Crippen LogP contribution < -0.4 is 0 Å². The zero-order valence-corrected chi connectivity index (χ0v) is 10.9. The monoisotopic (exact) mass is 279 g/mol. The number of fused-ring (bicyclic) bond motifs is 2. The van der Waals surface area contributed by atoms with E-state index >= 15 is 0 Å². The first kappa shape index (κ1) is 15.0. The molecule has 6 nitrogen and oxygen atoms in total. The zero-order valence-electron chi connectivity index (χ0n) is 10.9. The van der Waals surface area contributed by atoms with Gasteiger partial charge in [0.1, 0.15) is 23.0 Å². The number of carbonyl (C=O) groups is 2. The van der Waals surface area contributed by atoms with E-state index in [0.717, 1.165) is 24.3 Å². The SMILES string of the molecule is O=C1c2c(O)ccc(O)c2C(=O)c2c(O)ccc(O)c21.[Li]. The summed E-state index contributed by atoms with van der Waals surface area (Å²) in [6.45, 7) is 0. The minimum atomic E-state index is -0.837. The van der Waals surface area contributed by atoms with Crippen LogP contribution in [0.25, 0.3) is 0 Å². The van der Waals surface area contributed by atoms with Crippen LogP contribution in [0.3, 0.4) is 0 Å². The third-order valence-corrected chi connectivity index (χ3v) is 3.23. The fourth-order valence-corrected chi connectivity index (χ4v) is 2.33. The van der Waals surface area contributed by atoms with Gasteiger partial charge in [0.2, 0.25) is 11.6 Å². The molecule has 7 heteroatoms. The normalized spacial score (nSPS) is 12.4. The predicted molar refractivity (Wildman–Crippen MR) is 72.2 cm³/mol. The molecule has 2 aromatic carbocycles. The molecule has 0 amide bonds. The van der Waals surface area contributed by atoms with Crippen molar-refractivity contribution in [1.29, 1.82) is 0 Å². The van der Waals surface area contributed by atoms with Crippen LogP contribution in [0, 0.1) is 0 Å². The number of phenolic OH excluding ortho intramolecular Hbond substituents is 4. The van der Waals surface area contributed by atoms with Crippen LogP contribution in [0.4, 0.5) is 0 Å². The van der Waals surface area contributed by atoms with Gasteiger partial charge in [-0.25, -0.2) is 0 Å². The summed E-state index contributed by atoms with van der Waals surface area (Å²) in [4.78, 5) is 24.6. The second-order valence-electron chi connectivity index (χ2n) is 4.37. The number of phenols is 4. The molecular formula is C14H8LiO6. The molecular weight excluding hydrogens is 271 g/mol. The molecule has 0 aromatic heterocycles. The summed E-state index contributed by atoms with van der Waals surface area (Å²) < 4.78 is 0. The van der Waals surface area contributed by atoms with Crippen molar-refractivity contribution in [3.05, 3.63) is 46.5 Å². The van der Waals surface area contributed by atoms with Crippen LogP contribution in [-0.4, -0.2) is 50.9 Å². The largest absolute Gasteiger partial charge is 0.507 e. The molecule has 101 valence electrons. The number of hydrogen-bond acceptors (Lipinski definition) is 6. The molecule has 3 rings (SSSR count). The first-order chi connectivity index (χ1) is 9.43. The second kappa shape index (κ2) is 4.84. The predicted octanol–water partition coefficient (Wildman–Crippen LogP) is 0.904. The molecule has 0 heterocycles. The van der Waals surface area contributed by atoms with Gasteiger partial charge < -0.3 is 20.4 Å². The van der Waals surface area contributed by atoms with Gasteiger partial charge >= 0.3 is 0 Å². The Morgan fingerprint density at radius 3 is 0.905 bits per heavy atom. The molecule has 21 heavy (non-hydrogen) atoms. The fourth-order valence-electron chi connectivity index (χ4n) is 2.33. The fraction of sp³-hybridized carbons (Fsp3) is 0. The molecule has 0 saturated carbocycles. The van der Waals surface area contributed by atoms with E-state index in [-0.39, 0.29) is 41.1 Å². The smallest absolute Gasteiger partial charge is 0.202 e. The molecule has 0 saturated heterocycles. The standard InChI is InChI=1S/C14H8O6.Li/c15-5-1-2-6(16)10-9(5)13(19)11-7(17)3-4-8(18)12(11)14(10)20;/h1-4,15-18H;. The van der Waals surface area contributed by atoms with Crippen LogP contribution in [0.5, 0.6) is 23.0 Å². The molecule has 0 atom stereocenters. The summed E-state index contributed by atoms with van der Waals surface area (Å²) in [5.41, 5.74) is -1.54. The Morgan fingerprint density at radius 2 is 0.714 bits per heavy atom. The van der Waals surface area contributed by atoms with Gasteiger partial charge in [0.25, 0.3) is 0 Å². The summed E-state index contributed by atoms with van der Waals surface area (Å²) in [6, 6.07) is 4.29. The molecule has 0 fully saturated rings. The summed E-state index contributed by atoms with van der Waals surface area (Å²) >= 11 is 0. The second-order valence-corrected chi connectivity index (χ2v) is 4.37. The number of rotatable bonds is 0. The number of carbonyl (C=O) groups excluding carboxylic acids is 2. The van der Waals surface area contributed by atoms with Gasteiger partial charge in [0.15, 0.2) is 0 Å². The van der Waals surface area contributed by atoms with Gasteiger partial charge in [-0.3, -0.25) is 9.59 Å². The van der Waals surface area contributed by atoms with Crippen molar-refractivity contribution in [2.45, 2.75) is 0 Å². The first-order valence-corrected chi connectivity index (χ1v) is 5.62. The van der Waals surface area contributed by atoms with E-state index < -0.39 is 34.6 Å². The van der Waals surface area contributed by atoms with Gasteiger partial charge in [-0.2, -0.15) is 0 Å². The van der Waals surface area contributed by atoms with E-state index in [9.17, 15) is 30.0 Å². The van der Waals surface area contributed by atoms with E-state index in [0.29, 0.717) is 0 Å². The van der Waals surface area contributed by atoms with Crippen molar-refractivity contribution in [3.63, 3.8) is 0 Å². The molecule has 1 aliphatic rings.